The Balaban J connectivity index is 2.41. The number of benzene rings is 1. The van der Waals surface area contributed by atoms with Gasteiger partial charge >= 0.3 is 0 Å². The van der Waals surface area contributed by atoms with Gasteiger partial charge in [0.15, 0.2) is 0 Å². The van der Waals surface area contributed by atoms with Crippen molar-refractivity contribution >= 4 is 15.7 Å². The molecule has 1 saturated heterocycles. The van der Waals surface area contributed by atoms with E-state index in [0.717, 1.165) is 6.07 Å². The first-order chi connectivity index (χ1) is 9.16. The van der Waals surface area contributed by atoms with Gasteiger partial charge in [-0.05, 0) is 39.3 Å². The molecule has 1 heterocycles. The molecule has 1 aromatic carbocycles. The molecule has 2 atom stereocenters. The Morgan fingerprint density at radius 2 is 2.15 bits per heavy atom. The minimum Gasteiger partial charge on any atom is -0.399 e. The molecule has 2 rings (SSSR count). The SMILES string of the molecule is Cc1c(F)cc(N)cc1S(=O)(=O)NC1(C)CCOC1C. The highest BCUT2D eigenvalue weighted by Gasteiger charge is 2.41. The third-order valence-electron chi connectivity index (χ3n) is 3.86. The maximum absolute atomic E-state index is 13.7. The number of ether oxygens (including phenoxy) is 1. The molecule has 3 N–H and O–H groups in total. The first-order valence-electron chi connectivity index (χ1n) is 6.37. The van der Waals surface area contributed by atoms with E-state index < -0.39 is 21.4 Å². The van der Waals surface area contributed by atoms with Gasteiger partial charge in [-0.25, -0.2) is 17.5 Å². The molecular weight excluding hydrogens is 283 g/mol. The van der Waals surface area contributed by atoms with Gasteiger partial charge in [0.1, 0.15) is 5.82 Å². The number of nitrogens with one attached hydrogen (secondary N) is 1. The average molecular weight is 302 g/mol. The molecule has 0 aliphatic carbocycles. The van der Waals surface area contributed by atoms with Gasteiger partial charge in [0, 0.05) is 17.9 Å². The molecule has 2 unspecified atom stereocenters. The zero-order chi connectivity index (χ0) is 15.1. The predicted octanol–water partition coefficient (Wildman–Crippen LogP) is 1.56. The van der Waals surface area contributed by atoms with Gasteiger partial charge in [0.2, 0.25) is 10.0 Å². The highest BCUT2D eigenvalue weighted by Crippen LogP contribution is 2.29. The van der Waals surface area contributed by atoms with Crippen LogP contribution in [0.4, 0.5) is 10.1 Å². The maximum atomic E-state index is 13.7. The fraction of sp³-hybridized carbons (Fsp3) is 0.538. The van der Waals surface area contributed by atoms with E-state index in [-0.39, 0.29) is 22.3 Å². The van der Waals surface area contributed by atoms with Gasteiger partial charge in [-0.3, -0.25) is 0 Å². The smallest absolute Gasteiger partial charge is 0.241 e. The quantitative estimate of drug-likeness (QED) is 0.830. The molecule has 0 aromatic heterocycles. The highest BCUT2D eigenvalue weighted by atomic mass is 32.2. The summed E-state index contributed by atoms with van der Waals surface area (Å²) in [6, 6.07) is 2.38. The van der Waals surface area contributed by atoms with Crippen LogP contribution in [0.3, 0.4) is 0 Å². The number of halogens is 1. The molecule has 1 aliphatic heterocycles. The molecule has 1 aliphatic rings. The summed E-state index contributed by atoms with van der Waals surface area (Å²) in [6.07, 6.45) is 0.320. The number of nitrogen functional groups attached to an aromatic ring is 1. The number of hydrogen-bond donors (Lipinski definition) is 2. The molecule has 7 heteroatoms. The van der Waals surface area contributed by atoms with Crippen molar-refractivity contribution in [3.63, 3.8) is 0 Å². The summed E-state index contributed by atoms with van der Waals surface area (Å²) in [4.78, 5) is -0.129. The largest absolute Gasteiger partial charge is 0.399 e. The standard InChI is InChI=1S/C13H19FN2O3S/c1-8-11(14)6-10(15)7-12(8)20(17,18)16-13(3)4-5-19-9(13)2/h6-7,9,16H,4-5,15H2,1-3H3. The van der Waals surface area contributed by atoms with Gasteiger partial charge < -0.3 is 10.5 Å². The summed E-state index contributed by atoms with van der Waals surface area (Å²) in [7, 11) is -3.86. The lowest BCUT2D eigenvalue weighted by Crippen LogP contribution is -2.50. The predicted molar refractivity (Wildman–Crippen MR) is 74.3 cm³/mol. The van der Waals surface area contributed by atoms with Crippen LogP contribution in [0, 0.1) is 12.7 Å². The van der Waals surface area contributed by atoms with Crippen molar-refractivity contribution in [2.45, 2.75) is 43.7 Å². The molecule has 1 aromatic rings. The summed E-state index contributed by atoms with van der Waals surface area (Å²) in [5.74, 6) is -0.633. The van der Waals surface area contributed by atoms with Crippen LogP contribution in [0.15, 0.2) is 17.0 Å². The lowest BCUT2D eigenvalue weighted by atomic mass is 9.97. The van der Waals surface area contributed by atoms with Gasteiger partial charge in [-0.2, -0.15) is 0 Å². The van der Waals surface area contributed by atoms with Crippen LogP contribution in [0.2, 0.25) is 0 Å². The molecule has 0 bridgehead atoms. The second-order valence-electron chi connectivity index (χ2n) is 5.41. The highest BCUT2D eigenvalue weighted by molar-refractivity contribution is 7.89. The maximum Gasteiger partial charge on any atom is 0.241 e. The Morgan fingerprint density at radius 1 is 1.50 bits per heavy atom. The topological polar surface area (TPSA) is 81.4 Å². The first-order valence-corrected chi connectivity index (χ1v) is 7.85. The van der Waals surface area contributed by atoms with E-state index in [4.69, 9.17) is 10.5 Å². The summed E-state index contributed by atoms with van der Waals surface area (Å²) < 4.78 is 46.6. The van der Waals surface area contributed by atoms with E-state index in [1.54, 1.807) is 6.92 Å². The van der Waals surface area contributed by atoms with Crippen molar-refractivity contribution in [1.82, 2.24) is 4.72 Å². The van der Waals surface area contributed by atoms with Crippen molar-refractivity contribution in [2.75, 3.05) is 12.3 Å². The zero-order valence-corrected chi connectivity index (χ0v) is 12.6. The first kappa shape index (κ1) is 15.2. The number of nitrogens with two attached hydrogens (primary N) is 1. The van der Waals surface area contributed by atoms with Crippen molar-refractivity contribution in [3.8, 4) is 0 Å². The van der Waals surface area contributed by atoms with Gasteiger partial charge in [0.25, 0.3) is 0 Å². The second-order valence-corrected chi connectivity index (χ2v) is 7.06. The lowest BCUT2D eigenvalue weighted by molar-refractivity contribution is 0.0957. The van der Waals surface area contributed by atoms with Crippen LogP contribution in [0.5, 0.6) is 0 Å². The average Bonchev–Trinajstić information content (AvgIpc) is 2.63. The number of anilines is 1. The Morgan fingerprint density at radius 3 is 2.70 bits per heavy atom. The van der Waals surface area contributed by atoms with Crippen LogP contribution >= 0.6 is 0 Å². The zero-order valence-electron chi connectivity index (χ0n) is 11.7. The van der Waals surface area contributed by atoms with Crippen molar-refractivity contribution < 1.29 is 17.5 Å². The molecule has 0 saturated carbocycles. The van der Waals surface area contributed by atoms with Gasteiger partial charge in [0.05, 0.1) is 16.5 Å². The molecular formula is C13H19FN2O3S. The van der Waals surface area contributed by atoms with E-state index in [2.05, 4.69) is 4.72 Å². The van der Waals surface area contributed by atoms with Crippen LogP contribution in [0.25, 0.3) is 0 Å². The lowest BCUT2D eigenvalue weighted by Gasteiger charge is -2.28. The van der Waals surface area contributed by atoms with E-state index in [1.807, 2.05) is 6.92 Å². The molecule has 0 amide bonds. The third kappa shape index (κ3) is 2.65. The van der Waals surface area contributed by atoms with E-state index in [0.29, 0.717) is 13.0 Å². The Hall–Kier alpha value is -1.18. The number of rotatable bonds is 3. The van der Waals surface area contributed by atoms with Crippen LogP contribution in [-0.4, -0.2) is 26.7 Å². The fourth-order valence-corrected chi connectivity index (χ4v) is 4.07. The molecule has 112 valence electrons. The monoisotopic (exact) mass is 302 g/mol. The fourth-order valence-electron chi connectivity index (χ4n) is 2.28. The Bertz CT molecular complexity index is 633. The summed E-state index contributed by atoms with van der Waals surface area (Å²) >= 11 is 0. The summed E-state index contributed by atoms with van der Waals surface area (Å²) in [6.45, 7) is 5.49. The van der Waals surface area contributed by atoms with Crippen LogP contribution in [-0.2, 0) is 14.8 Å². The van der Waals surface area contributed by atoms with E-state index in [1.165, 1.54) is 13.0 Å². The normalized spacial score (nSPS) is 26.9. The number of sulfonamides is 1. The van der Waals surface area contributed by atoms with Gasteiger partial charge in [-0.1, -0.05) is 0 Å². The summed E-state index contributed by atoms with van der Waals surface area (Å²) in [5.41, 5.74) is 4.97. The van der Waals surface area contributed by atoms with Crippen molar-refractivity contribution in [1.29, 1.82) is 0 Å². The van der Waals surface area contributed by atoms with E-state index >= 15 is 0 Å². The molecule has 1 fully saturated rings. The Kier molecular flexibility index (Phi) is 3.79. The van der Waals surface area contributed by atoms with Gasteiger partial charge in [-0.15, -0.1) is 0 Å². The minimum atomic E-state index is -3.86. The number of hydrogen-bond acceptors (Lipinski definition) is 4. The molecule has 0 radical (unpaired) electrons. The molecule has 20 heavy (non-hydrogen) atoms. The van der Waals surface area contributed by atoms with Crippen LogP contribution in [0.1, 0.15) is 25.8 Å². The molecule has 0 spiro atoms. The molecule has 5 nitrogen and oxygen atoms in total. The Labute approximate surface area is 118 Å². The van der Waals surface area contributed by atoms with E-state index in [9.17, 15) is 12.8 Å². The second kappa shape index (κ2) is 4.98. The van der Waals surface area contributed by atoms with Crippen molar-refractivity contribution in [3.05, 3.63) is 23.5 Å². The minimum absolute atomic E-state index is 0.0573. The van der Waals surface area contributed by atoms with Crippen molar-refractivity contribution in [2.24, 2.45) is 0 Å². The third-order valence-corrected chi connectivity index (χ3v) is 5.60. The summed E-state index contributed by atoms with van der Waals surface area (Å²) in [5, 5.41) is 0. The van der Waals surface area contributed by atoms with Crippen LogP contribution < -0.4 is 10.5 Å².